The molecular formula is C19H26N3O5P. The van der Waals surface area contributed by atoms with Gasteiger partial charge < -0.3 is 23.9 Å². The second-order valence-electron chi connectivity index (χ2n) is 6.81. The lowest BCUT2D eigenvalue weighted by atomic mass is 10.1. The number of hydrogen-bond donors (Lipinski definition) is 2. The first kappa shape index (κ1) is 20.4. The normalized spacial score (nSPS) is 20.0. The molecule has 2 N–H and O–H groups in total. The third-order valence-corrected chi connectivity index (χ3v) is 7.96. The van der Waals surface area contributed by atoms with Crippen LogP contribution in [0.5, 0.6) is 23.3 Å². The highest BCUT2D eigenvalue weighted by molar-refractivity contribution is 7.62. The number of methoxy groups -OCH3 is 2. The molecule has 2 atom stereocenters. The first-order valence-corrected chi connectivity index (χ1v) is 11.1. The van der Waals surface area contributed by atoms with Gasteiger partial charge in [0.05, 0.1) is 19.9 Å². The first-order chi connectivity index (χ1) is 13.4. The fourth-order valence-electron chi connectivity index (χ4n) is 3.40. The predicted molar refractivity (Wildman–Crippen MR) is 106 cm³/mol. The van der Waals surface area contributed by atoms with E-state index in [0.717, 1.165) is 17.8 Å². The van der Waals surface area contributed by atoms with Gasteiger partial charge >= 0.3 is 6.01 Å². The Labute approximate surface area is 164 Å². The quantitative estimate of drug-likeness (QED) is 0.675. The van der Waals surface area contributed by atoms with Crippen LogP contribution in [0, 0.1) is 13.8 Å². The van der Waals surface area contributed by atoms with E-state index >= 15 is 0 Å². The first-order valence-electron chi connectivity index (χ1n) is 9.10. The Balaban J connectivity index is 1.97. The van der Waals surface area contributed by atoms with Crippen molar-refractivity contribution in [2.45, 2.75) is 25.9 Å². The van der Waals surface area contributed by atoms with Crippen molar-refractivity contribution in [1.82, 2.24) is 15.1 Å². The van der Waals surface area contributed by atoms with Crippen molar-refractivity contribution in [3.63, 3.8) is 0 Å². The molecule has 1 aliphatic heterocycles. The van der Waals surface area contributed by atoms with Gasteiger partial charge in [-0.1, -0.05) is 0 Å². The molecule has 2 unspecified atom stereocenters. The molecule has 0 aliphatic carbocycles. The molecule has 0 saturated carbocycles. The van der Waals surface area contributed by atoms with Gasteiger partial charge in [-0.15, -0.1) is 0 Å². The molecule has 2 aromatic rings. The summed E-state index contributed by atoms with van der Waals surface area (Å²) < 4.78 is 30.0. The molecule has 0 bridgehead atoms. The number of aryl methyl sites for hydroxylation is 2. The molecule has 1 fully saturated rings. The van der Waals surface area contributed by atoms with Crippen LogP contribution in [0.1, 0.15) is 29.0 Å². The molecule has 1 aromatic carbocycles. The van der Waals surface area contributed by atoms with E-state index in [0.29, 0.717) is 18.3 Å². The minimum atomic E-state index is -2.76. The van der Waals surface area contributed by atoms with Crippen molar-refractivity contribution < 1.29 is 23.9 Å². The molecule has 1 aromatic heterocycles. The van der Waals surface area contributed by atoms with Crippen LogP contribution in [-0.2, 0) is 4.57 Å². The van der Waals surface area contributed by atoms with Gasteiger partial charge in [-0.3, -0.25) is 5.09 Å². The van der Waals surface area contributed by atoms with Crippen molar-refractivity contribution in [3.8, 4) is 23.3 Å². The number of nitrogens with one attached hydrogen (secondary N) is 1. The second-order valence-corrected chi connectivity index (χ2v) is 9.79. The summed E-state index contributed by atoms with van der Waals surface area (Å²) in [6, 6.07) is 5.47. The summed E-state index contributed by atoms with van der Waals surface area (Å²) in [5, 5.41) is 13.4. The van der Waals surface area contributed by atoms with Crippen LogP contribution in [0.4, 0.5) is 0 Å². The van der Waals surface area contributed by atoms with Gasteiger partial charge in [0.2, 0.25) is 5.75 Å². The lowest BCUT2D eigenvalue weighted by Crippen LogP contribution is -2.18. The summed E-state index contributed by atoms with van der Waals surface area (Å²) in [5.74, 6) is 0.421. The van der Waals surface area contributed by atoms with E-state index in [1.54, 1.807) is 12.1 Å². The van der Waals surface area contributed by atoms with Gasteiger partial charge in [0, 0.05) is 24.1 Å². The number of benzene rings is 1. The largest absolute Gasteiger partial charge is 0.502 e. The molecule has 9 heteroatoms. The molecule has 2 heterocycles. The Hall–Kier alpha value is -2.31. The van der Waals surface area contributed by atoms with Crippen molar-refractivity contribution in [3.05, 3.63) is 35.2 Å². The van der Waals surface area contributed by atoms with Crippen LogP contribution in [-0.4, -0.2) is 48.6 Å². The Morgan fingerprint density at radius 3 is 2.25 bits per heavy atom. The van der Waals surface area contributed by atoms with Crippen molar-refractivity contribution in [2.24, 2.45) is 0 Å². The van der Waals surface area contributed by atoms with E-state index in [-0.39, 0.29) is 29.9 Å². The number of nitrogens with zero attached hydrogens (tertiary/aromatic N) is 2. The van der Waals surface area contributed by atoms with Crippen LogP contribution in [0.15, 0.2) is 18.2 Å². The molecule has 152 valence electrons. The molecular weight excluding hydrogens is 381 g/mol. The minimum Gasteiger partial charge on any atom is -0.502 e. The summed E-state index contributed by atoms with van der Waals surface area (Å²) in [6.45, 7) is 4.56. The molecule has 1 saturated heterocycles. The van der Waals surface area contributed by atoms with E-state index in [1.165, 1.54) is 14.2 Å². The molecule has 1 aliphatic rings. The zero-order valence-electron chi connectivity index (χ0n) is 16.6. The molecule has 0 amide bonds. The molecule has 0 spiro atoms. The number of hydrogen-bond acceptors (Lipinski definition) is 7. The Morgan fingerprint density at radius 2 is 1.75 bits per heavy atom. The maximum atomic E-state index is 13.6. The zero-order valence-corrected chi connectivity index (χ0v) is 17.5. The van der Waals surface area contributed by atoms with Gasteiger partial charge in [0.25, 0.3) is 0 Å². The number of phenols is 1. The monoisotopic (exact) mass is 407 g/mol. The average Bonchev–Trinajstić information content (AvgIpc) is 3.09. The van der Waals surface area contributed by atoms with Gasteiger partial charge in [-0.2, -0.15) is 0 Å². The van der Waals surface area contributed by atoms with Crippen LogP contribution >= 0.6 is 7.29 Å². The summed E-state index contributed by atoms with van der Waals surface area (Å²) in [6.07, 6.45) is 1.40. The summed E-state index contributed by atoms with van der Waals surface area (Å²) in [7, 11) is 0.161. The highest BCUT2D eigenvalue weighted by atomic mass is 31.2. The number of aromatic nitrogens is 2. The number of phenolic OH excluding ortho intramolecular Hbond substituents is 1. The van der Waals surface area contributed by atoms with Crippen molar-refractivity contribution in [1.29, 1.82) is 0 Å². The SMILES string of the molecule is COc1cc(C(COc2nc(C)cc(C)n2)P2(=O)CCCN2)cc(OC)c1O. The zero-order chi connectivity index (χ0) is 20.3. The summed E-state index contributed by atoms with van der Waals surface area (Å²) in [5.41, 5.74) is 1.85. The topological polar surface area (TPSA) is 103 Å². The van der Waals surface area contributed by atoms with E-state index in [9.17, 15) is 9.67 Å². The third kappa shape index (κ3) is 4.23. The number of rotatable bonds is 7. The van der Waals surface area contributed by atoms with E-state index in [1.807, 2.05) is 19.9 Å². The summed E-state index contributed by atoms with van der Waals surface area (Å²) >= 11 is 0. The minimum absolute atomic E-state index is 0.0938. The Morgan fingerprint density at radius 1 is 1.14 bits per heavy atom. The fraction of sp³-hybridized carbons (Fsp3) is 0.474. The highest BCUT2D eigenvalue weighted by Gasteiger charge is 2.38. The maximum absolute atomic E-state index is 13.6. The summed E-state index contributed by atoms with van der Waals surface area (Å²) in [4.78, 5) is 8.60. The van der Waals surface area contributed by atoms with E-state index in [2.05, 4.69) is 15.1 Å². The average molecular weight is 407 g/mol. The molecule has 28 heavy (non-hydrogen) atoms. The predicted octanol–water partition coefficient (Wildman–Crippen LogP) is 3.21. The molecule has 8 nitrogen and oxygen atoms in total. The molecule has 3 rings (SSSR count). The lowest BCUT2D eigenvalue weighted by molar-refractivity contribution is 0.286. The lowest BCUT2D eigenvalue weighted by Gasteiger charge is -2.25. The van der Waals surface area contributed by atoms with Crippen LogP contribution < -0.4 is 19.3 Å². The maximum Gasteiger partial charge on any atom is 0.316 e. The van der Waals surface area contributed by atoms with Gasteiger partial charge in [0.15, 0.2) is 18.8 Å². The van der Waals surface area contributed by atoms with Gasteiger partial charge in [-0.25, -0.2) is 9.97 Å². The Kier molecular flexibility index (Phi) is 6.10. The van der Waals surface area contributed by atoms with Crippen molar-refractivity contribution in [2.75, 3.05) is 33.5 Å². The van der Waals surface area contributed by atoms with Crippen LogP contribution in [0.2, 0.25) is 0 Å². The number of aromatic hydroxyl groups is 1. The highest BCUT2D eigenvalue weighted by Crippen LogP contribution is 2.59. The molecule has 0 radical (unpaired) electrons. The van der Waals surface area contributed by atoms with E-state index < -0.39 is 13.0 Å². The smallest absolute Gasteiger partial charge is 0.316 e. The number of ether oxygens (including phenoxy) is 3. The van der Waals surface area contributed by atoms with Gasteiger partial charge in [0.1, 0.15) is 6.61 Å². The van der Waals surface area contributed by atoms with E-state index in [4.69, 9.17) is 14.2 Å². The fourth-order valence-corrected chi connectivity index (χ4v) is 6.20. The van der Waals surface area contributed by atoms with Gasteiger partial charge in [-0.05, 0) is 44.0 Å². The van der Waals surface area contributed by atoms with Crippen molar-refractivity contribution >= 4 is 7.29 Å². The van der Waals surface area contributed by atoms with Crippen LogP contribution in [0.25, 0.3) is 0 Å². The Bertz CT molecular complexity index is 850. The standard InChI is InChI=1S/C19H26N3O5P/c1-12-8-13(2)22-19(21-12)27-11-17(28(24)7-5-6-20-28)14-9-15(25-3)18(23)16(10-14)26-4/h8-10,17,23H,5-7,11H2,1-4H3,(H,20,24). The van der Waals surface area contributed by atoms with Crippen LogP contribution in [0.3, 0.4) is 0 Å². The third-order valence-electron chi connectivity index (χ3n) is 4.77. The second kappa shape index (κ2) is 8.37.